The van der Waals surface area contributed by atoms with Gasteiger partial charge >= 0.3 is 0 Å². The van der Waals surface area contributed by atoms with Crippen molar-refractivity contribution in [2.45, 2.75) is 26.3 Å². The summed E-state index contributed by atoms with van der Waals surface area (Å²) in [6.07, 6.45) is 2.86. The number of aryl methyl sites for hydroxylation is 3. The monoisotopic (exact) mass is 261 g/mol. The van der Waals surface area contributed by atoms with E-state index in [1.807, 2.05) is 38.0 Å². The normalized spacial score (nSPS) is 12.7. The Morgan fingerprint density at radius 2 is 2.11 bits per heavy atom. The van der Waals surface area contributed by atoms with Gasteiger partial charge in [-0.25, -0.2) is 4.39 Å². The molecule has 3 nitrogen and oxygen atoms in total. The minimum Gasteiger partial charge on any atom is -0.309 e. The van der Waals surface area contributed by atoms with Gasteiger partial charge in [0.1, 0.15) is 5.82 Å². The minimum atomic E-state index is -0.197. The molecule has 1 aromatic carbocycles. The molecule has 0 spiro atoms. The van der Waals surface area contributed by atoms with Crippen LogP contribution in [0.3, 0.4) is 0 Å². The second-order valence-electron chi connectivity index (χ2n) is 4.84. The van der Waals surface area contributed by atoms with Crippen LogP contribution in [0, 0.1) is 12.7 Å². The molecule has 0 bridgehead atoms. The van der Waals surface area contributed by atoms with E-state index >= 15 is 0 Å². The Morgan fingerprint density at radius 3 is 2.68 bits per heavy atom. The van der Waals surface area contributed by atoms with Crippen molar-refractivity contribution < 1.29 is 4.39 Å². The van der Waals surface area contributed by atoms with Gasteiger partial charge in [0.05, 0.1) is 11.7 Å². The van der Waals surface area contributed by atoms with Crippen molar-refractivity contribution >= 4 is 0 Å². The van der Waals surface area contributed by atoms with Crippen molar-refractivity contribution in [1.29, 1.82) is 0 Å². The quantitative estimate of drug-likeness (QED) is 0.917. The molecule has 1 unspecified atom stereocenters. The molecule has 4 heteroatoms. The number of rotatable bonds is 4. The van der Waals surface area contributed by atoms with Crippen LogP contribution in [-0.4, -0.2) is 16.8 Å². The second-order valence-corrected chi connectivity index (χ2v) is 4.84. The molecule has 19 heavy (non-hydrogen) atoms. The molecule has 1 heterocycles. The van der Waals surface area contributed by atoms with E-state index in [9.17, 15) is 4.39 Å². The topological polar surface area (TPSA) is 29.9 Å². The van der Waals surface area contributed by atoms with E-state index in [-0.39, 0.29) is 11.9 Å². The van der Waals surface area contributed by atoms with E-state index in [1.165, 1.54) is 0 Å². The summed E-state index contributed by atoms with van der Waals surface area (Å²) in [6.45, 7) is 3.98. The van der Waals surface area contributed by atoms with Crippen molar-refractivity contribution in [1.82, 2.24) is 15.1 Å². The van der Waals surface area contributed by atoms with Crippen LogP contribution in [0.25, 0.3) is 0 Å². The highest BCUT2D eigenvalue weighted by Crippen LogP contribution is 2.26. The van der Waals surface area contributed by atoms with Gasteiger partial charge in [-0.15, -0.1) is 0 Å². The van der Waals surface area contributed by atoms with Crippen molar-refractivity contribution in [3.63, 3.8) is 0 Å². The first kappa shape index (κ1) is 13.7. The fraction of sp³-hybridized carbons (Fsp3) is 0.400. The van der Waals surface area contributed by atoms with Crippen LogP contribution >= 0.6 is 0 Å². The SMILES string of the molecule is CCc1nn(C)cc1C(NC)c1cc(C)cc(F)c1. The van der Waals surface area contributed by atoms with Gasteiger partial charge in [0.15, 0.2) is 0 Å². The van der Waals surface area contributed by atoms with E-state index in [4.69, 9.17) is 0 Å². The summed E-state index contributed by atoms with van der Waals surface area (Å²) in [5, 5.41) is 7.71. The molecule has 1 atom stereocenters. The molecule has 2 rings (SSSR count). The Balaban J connectivity index is 2.49. The number of hydrogen-bond acceptors (Lipinski definition) is 2. The zero-order valence-electron chi connectivity index (χ0n) is 11.9. The minimum absolute atomic E-state index is 0.0296. The smallest absolute Gasteiger partial charge is 0.123 e. The van der Waals surface area contributed by atoms with Gasteiger partial charge < -0.3 is 5.32 Å². The van der Waals surface area contributed by atoms with Crippen LogP contribution in [-0.2, 0) is 13.5 Å². The first-order valence-electron chi connectivity index (χ1n) is 6.52. The Kier molecular flexibility index (Phi) is 4.00. The first-order valence-corrected chi connectivity index (χ1v) is 6.52. The molecule has 1 N–H and O–H groups in total. The molecule has 0 aliphatic heterocycles. The fourth-order valence-electron chi connectivity index (χ4n) is 2.50. The van der Waals surface area contributed by atoms with E-state index < -0.39 is 0 Å². The maximum Gasteiger partial charge on any atom is 0.123 e. The number of nitrogens with one attached hydrogen (secondary N) is 1. The largest absolute Gasteiger partial charge is 0.309 e. The molecule has 0 saturated carbocycles. The molecular weight excluding hydrogens is 241 g/mol. The van der Waals surface area contributed by atoms with Crippen molar-refractivity contribution in [2.24, 2.45) is 7.05 Å². The third-order valence-corrected chi connectivity index (χ3v) is 3.27. The summed E-state index contributed by atoms with van der Waals surface area (Å²) in [5.74, 6) is -0.197. The Morgan fingerprint density at radius 1 is 1.37 bits per heavy atom. The lowest BCUT2D eigenvalue weighted by Crippen LogP contribution is -2.18. The third kappa shape index (κ3) is 2.84. The average Bonchev–Trinajstić information content (AvgIpc) is 2.70. The molecule has 0 fully saturated rings. The molecule has 1 aromatic heterocycles. The molecule has 0 aliphatic carbocycles. The van der Waals surface area contributed by atoms with Gasteiger partial charge in [-0.1, -0.05) is 13.0 Å². The van der Waals surface area contributed by atoms with E-state index in [2.05, 4.69) is 17.3 Å². The van der Waals surface area contributed by atoms with Gasteiger partial charge in [-0.05, 0) is 43.7 Å². The Hall–Kier alpha value is -1.68. The Bertz CT molecular complexity index is 555. The van der Waals surface area contributed by atoms with Crippen LogP contribution in [0.1, 0.15) is 35.3 Å². The average molecular weight is 261 g/mol. The lowest BCUT2D eigenvalue weighted by atomic mass is 9.97. The molecule has 0 radical (unpaired) electrons. The predicted octanol–water partition coefficient (Wildman–Crippen LogP) is 2.74. The zero-order valence-corrected chi connectivity index (χ0v) is 11.9. The first-order chi connectivity index (χ1) is 9.05. The van der Waals surface area contributed by atoms with Gasteiger partial charge in [0, 0.05) is 18.8 Å². The molecule has 102 valence electrons. The van der Waals surface area contributed by atoms with Gasteiger partial charge in [0.25, 0.3) is 0 Å². The molecule has 2 aromatic rings. The molecule has 0 amide bonds. The maximum atomic E-state index is 13.6. The lowest BCUT2D eigenvalue weighted by molar-refractivity contribution is 0.614. The van der Waals surface area contributed by atoms with Crippen molar-refractivity contribution in [3.8, 4) is 0 Å². The number of benzene rings is 1. The summed E-state index contributed by atoms with van der Waals surface area (Å²) in [7, 11) is 3.80. The van der Waals surface area contributed by atoms with Crippen LogP contribution in [0.15, 0.2) is 24.4 Å². The van der Waals surface area contributed by atoms with Crippen LogP contribution in [0.2, 0.25) is 0 Å². The fourth-order valence-corrected chi connectivity index (χ4v) is 2.50. The van der Waals surface area contributed by atoms with Gasteiger partial charge in [-0.2, -0.15) is 5.10 Å². The summed E-state index contributed by atoms with van der Waals surface area (Å²) < 4.78 is 15.4. The van der Waals surface area contributed by atoms with Crippen LogP contribution in [0.5, 0.6) is 0 Å². The van der Waals surface area contributed by atoms with Crippen molar-refractivity contribution in [3.05, 3.63) is 52.6 Å². The van der Waals surface area contributed by atoms with E-state index in [0.717, 1.165) is 28.8 Å². The van der Waals surface area contributed by atoms with Gasteiger partial charge in [-0.3, -0.25) is 4.68 Å². The number of hydrogen-bond donors (Lipinski definition) is 1. The van der Waals surface area contributed by atoms with Gasteiger partial charge in [0.2, 0.25) is 0 Å². The third-order valence-electron chi connectivity index (χ3n) is 3.27. The van der Waals surface area contributed by atoms with E-state index in [1.54, 1.807) is 12.1 Å². The standard InChI is InChI=1S/C15H20FN3/c1-5-14-13(9-19(4)18-14)15(17-3)11-6-10(2)7-12(16)8-11/h6-9,15,17H,5H2,1-4H3. The molecule has 0 saturated heterocycles. The summed E-state index contributed by atoms with van der Waals surface area (Å²) in [6, 6.07) is 5.11. The summed E-state index contributed by atoms with van der Waals surface area (Å²) in [4.78, 5) is 0. The van der Waals surface area contributed by atoms with Crippen molar-refractivity contribution in [2.75, 3.05) is 7.05 Å². The van der Waals surface area contributed by atoms with Crippen LogP contribution in [0.4, 0.5) is 4.39 Å². The number of aromatic nitrogens is 2. The van der Waals surface area contributed by atoms with Crippen LogP contribution < -0.4 is 5.32 Å². The highest BCUT2D eigenvalue weighted by molar-refractivity contribution is 5.35. The Labute approximate surface area is 113 Å². The predicted molar refractivity (Wildman–Crippen MR) is 74.6 cm³/mol. The number of halogens is 1. The summed E-state index contributed by atoms with van der Waals surface area (Å²) in [5.41, 5.74) is 4.01. The van der Waals surface area contributed by atoms with E-state index in [0.29, 0.717) is 0 Å². The maximum absolute atomic E-state index is 13.6. The molecular formula is C15H20FN3. The lowest BCUT2D eigenvalue weighted by Gasteiger charge is -2.17. The second kappa shape index (κ2) is 5.53. The zero-order chi connectivity index (χ0) is 14.0. The molecule has 0 aliphatic rings. The highest BCUT2D eigenvalue weighted by Gasteiger charge is 2.18. The highest BCUT2D eigenvalue weighted by atomic mass is 19.1. The summed E-state index contributed by atoms with van der Waals surface area (Å²) >= 11 is 0. The number of nitrogens with zero attached hydrogens (tertiary/aromatic N) is 2.